The first-order valence-corrected chi connectivity index (χ1v) is 6.65. The first kappa shape index (κ1) is 12.3. The van der Waals surface area contributed by atoms with E-state index in [4.69, 9.17) is 0 Å². The van der Waals surface area contributed by atoms with Gasteiger partial charge in [-0.15, -0.1) is 0 Å². The molecule has 88 valence electrons. The number of nitriles is 1. The van der Waals surface area contributed by atoms with Gasteiger partial charge in [0.2, 0.25) is 0 Å². The molecule has 0 heterocycles. The van der Waals surface area contributed by atoms with Gasteiger partial charge in [-0.1, -0.05) is 34.5 Å². The highest BCUT2D eigenvalue weighted by molar-refractivity contribution is 9.10. The highest BCUT2D eigenvalue weighted by atomic mass is 79.9. The molecule has 0 saturated heterocycles. The second-order valence-corrected chi connectivity index (χ2v) is 5.54. The van der Waals surface area contributed by atoms with Crippen molar-refractivity contribution in [2.75, 3.05) is 0 Å². The van der Waals surface area contributed by atoms with Crippen molar-refractivity contribution in [1.82, 2.24) is 0 Å². The number of carbonyl (C=O) groups is 1. The lowest BCUT2D eigenvalue weighted by molar-refractivity contribution is -0.128. The van der Waals surface area contributed by atoms with Crippen LogP contribution in [0.2, 0.25) is 0 Å². The maximum Gasteiger partial charge on any atom is 0.153 e. The largest absolute Gasteiger partial charge is 0.298 e. The quantitative estimate of drug-likeness (QED) is 0.835. The highest BCUT2D eigenvalue weighted by Crippen LogP contribution is 2.36. The molecule has 1 aliphatic rings. The molecule has 1 aromatic rings. The summed E-state index contributed by atoms with van der Waals surface area (Å²) in [6, 6.07) is 10.1. The molecule has 0 radical (unpaired) electrons. The van der Waals surface area contributed by atoms with Crippen molar-refractivity contribution in [3.63, 3.8) is 0 Å². The molecule has 0 spiro atoms. The minimum absolute atomic E-state index is 0.120. The summed E-state index contributed by atoms with van der Waals surface area (Å²) in [7, 11) is 0. The normalized spacial score (nSPS) is 24.4. The van der Waals surface area contributed by atoms with Crippen molar-refractivity contribution in [3.05, 3.63) is 34.3 Å². The third kappa shape index (κ3) is 2.58. The van der Waals surface area contributed by atoms with Gasteiger partial charge in [0.05, 0.1) is 6.07 Å². The second kappa shape index (κ2) is 5.01. The number of Topliss-reactive ketones (excluding diaryl/α,β-unsaturated/α-hetero) is 1. The molecule has 0 bridgehead atoms. The third-order valence-electron chi connectivity index (χ3n) is 3.42. The van der Waals surface area contributed by atoms with Crippen molar-refractivity contribution in [3.8, 4) is 6.07 Å². The Morgan fingerprint density at radius 1 is 1.29 bits per heavy atom. The number of hydrogen-bond donors (Lipinski definition) is 0. The predicted octanol–water partition coefficient (Wildman–Crippen LogP) is 3.64. The third-order valence-corrected chi connectivity index (χ3v) is 3.95. The Labute approximate surface area is 110 Å². The molecule has 0 N–H and O–H groups in total. The van der Waals surface area contributed by atoms with E-state index < -0.39 is 5.41 Å². The lowest BCUT2D eigenvalue weighted by atomic mass is 9.70. The molecular weight excluding hydrogens is 278 g/mol. The van der Waals surface area contributed by atoms with Gasteiger partial charge in [-0.3, -0.25) is 4.79 Å². The molecule has 2 nitrogen and oxygen atoms in total. The van der Waals surface area contributed by atoms with Gasteiger partial charge in [0.15, 0.2) is 5.78 Å². The summed E-state index contributed by atoms with van der Waals surface area (Å²) in [4.78, 5) is 12.0. The van der Waals surface area contributed by atoms with Crippen molar-refractivity contribution in [2.24, 2.45) is 5.41 Å². The monoisotopic (exact) mass is 291 g/mol. The predicted molar refractivity (Wildman–Crippen MR) is 69.4 cm³/mol. The number of carbonyl (C=O) groups excluding carboxylic acids is 1. The average Bonchev–Trinajstić information content (AvgIpc) is 2.35. The lowest BCUT2D eigenvalue weighted by Gasteiger charge is -2.29. The van der Waals surface area contributed by atoms with Crippen LogP contribution in [0, 0.1) is 16.7 Å². The molecule has 0 aliphatic heterocycles. The van der Waals surface area contributed by atoms with E-state index in [2.05, 4.69) is 22.0 Å². The summed E-state index contributed by atoms with van der Waals surface area (Å²) in [5.74, 6) is 0.120. The molecule has 1 saturated carbocycles. The minimum Gasteiger partial charge on any atom is -0.298 e. The van der Waals surface area contributed by atoms with E-state index in [1.165, 1.54) is 0 Å². The number of ketones is 1. The van der Waals surface area contributed by atoms with Crippen LogP contribution in [-0.2, 0) is 11.2 Å². The number of benzene rings is 1. The van der Waals surface area contributed by atoms with Crippen LogP contribution in [0.25, 0.3) is 0 Å². The van der Waals surface area contributed by atoms with Gasteiger partial charge in [-0.25, -0.2) is 0 Å². The second-order valence-electron chi connectivity index (χ2n) is 4.63. The van der Waals surface area contributed by atoms with Crippen LogP contribution >= 0.6 is 15.9 Å². The summed E-state index contributed by atoms with van der Waals surface area (Å²) in [6.45, 7) is 0. The van der Waals surface area contributed by atoms with E-state index >= 15 is 0 Å². The van der Waals surface area contributed by atoms with Gasteiger partial charge in [-0.05, 0) is 37.0 Å². The standard InChI is InChI=1S/C14H14BrNO/c15-12-6-4-11(5-7-12)9-14(10-16)8-2-1-3-13(14)17/h4-7H,1-3,8-9H2. The molecule has 3 heteroatoms. The number of rotatable bonds is 2. The zero-order valence-electron chi connectivity index (χ0n) is 9.58. The maximum atomic E-state index is 12.0. The van der Waals surface area contributed by atoms with Crippen molar-refractivity contribution in [1.29, 1.82) is 5.26 Å². The van der Waals surface area contributed by atoms with Crippen LogP contribution in [-0.4, -0.2) is 5.78 Å². The molecule has 0 aromatic heterocycles. The van der Waals surface area contributed by atoms with Crippen molar-refractivity contribution >= 4 is 21.7 Å². The summed E-state index contributed by atoms with van der Waals surface area (Å²) >= 11 is 3.38. The zero-order valence-corrected chi connectivity index (χ0v) is 11.2. The Kier molecular flexibility index (Phi) is 3.63. The number of hydrogen-bond acceptors (Lipinski definition) is 2. The van der Waals surface area contributed by atoms with Crippen LogP contribution in [0.15, 0.2) is 28.7 Å². The summed E-state index contributed by atoms with van der Waals surface area (Å²) in [5.41, 5.74) is 0.288. The van der Waals surface area contributed by atoms with E-state index in [1.807, 2.05) is 24.3 Å². The van der Waals surface area contributed by atoms with Crippen LogP contribution in [0.5, 0.6) is 0 Å². The summed E-state index contributed by atoms with van der Waals surface area (Å²) < 4.78 is 1.02. The Morgan fingerprint density at radius 2 is 2.00 bits per heavy atom. The molecule has 17 heavy (non-hydrogen) atoms. The Morgan fingerprint density at radius 3 is 2.59 bits per heavy atom. The van der Waals surface area contributed by atoms with Gasteiger partial charge in [-0.2, -0.15) is 5.26 Å². The van der Waals surface area contributed by atoms with Gasteiger partial charge in [0, 0.05) is 10.9 Å². The Bertz CT molecular complexity index is 460. The molecule has 1 fully saturated rings. The first-order chi connectivity index (χ1) is 8.16. The molecule has 0 amide bonds. The molecule has 1 unspecified atom stereocenters. The summed E-state index contributed by atoms with van der Waals surface area (Å²) in [6.07, 6.45) is 3.73. The zero-order chi connectivity index (χ0) is 12.3. The molecule has 2 rings (SSSR count). The molecule has 1 aromatic carbocycles. The smallest absolute Gasteiger partial charge is 0.153 e. The summed E-state index contributed by atoms with van der Waals surface area (Å²) in [5, 5.41) is 9.35. The van der Waals surface area contributed by atoms with Crippen molar-refractivity contribution < 1.29 is 4.79 Å². The van der Waals surface area contributed by atoms with E-state index in [0.717, 1.165) is 22.9 Å². The number of halogens is 1. The van der Waals surface area contributed by atoms with Gasteiger partial charge in [0.1, 0.15) is 5.41 Å². The fourth-order valence-electron chi connectivity index (χ4n) is 2.39. The van der Waals surface area contributed by atoms with E-state index in [0.29, 0.717) is 19.3 Å². The van der Waals surface area contributed by atoms with Gasteiger partial charge in [0.25, 0.3) is 0 Å². The SMILES string of the molecule is N#CC1(Cc2ccc(Br)cc2)CCCCC1=O. The molecule has 1 aliphatic carbocycles. The fourth-order valence-corrected chi connectivity index (χ4v) is 2.65. The highest BCUT2D eigenvalue weighted by Gasteiger charge is 2.39. The van der Waals surface area contributed by atoms with E-state index in [-0.39, 0.29) is 5.78 Å². The van der Waals surface area contributed by atoms with Gasteiger partial charge >= 0.3 is 0 Å². The minimum atomic E-state index is -0.772. The van der Waals surface area contributed by atoms with E-state index in [1.54, 1.807) is 0 Å². The van der Waals surface area contributed by atoms with Gasteiger partial charge < -0.3 is 0 Å². The van der Waals surface area contributed by atoms with Crippen molar-refractivity contribution in [2.45, 2.75) is 32.1 Å². The van der Waals surface area contributed by atoms with Crippen LogP contribution in [0.3, 0.4) is 0 Å². The number of nitrogens with zero attached hydrogens (tertiary/aromatic N) is 1. The molecule has 1 atom stereocenters. The average molecular weight is 292 g/mol. The lowest BCUT2D eigenvalue weighted by Crippen LogP contribution is -2.34. The van der Waals surface area contributed by atoms with E-state index in [9.17, 15) is 10.1 Å². The van der Waals surface area contributed by atoms with Crippen LogP contribution in [0.1, 0.15) is 31.2 Å². The topological polar surface area (TPSA) is 40.9 Å². The fraction of sp³-hybridized carbons (Fsp3) is 0.429. The van der Waals surface area contributed by atoms with Crippen LogP contribution < -0.4 is 0 Å². The first-order valence-electron chi connectivity index (χ1n) is 5.85. The Hall–Kier alpha value is -1.14. The van der Waals surface area contributed by atoms with Crippen LogP contribution in [0.4, 0.5) is 0 Å². The Balaban J connectivity index is 2.22. The maximum absolute atomic E-state index is 12.0. The molecular formula is C14H14BrNO.